The zero-order valence-electron chi connectivity index (χ0n) is 11.6. The lowest BCUT2D eigenvalue weighted by Gasteiger charge is -2.16. The van der Waals surface area contributed by atoms with Gasteiger partial charge in [-0.25, -0.2) is 4.39 Å². The first kappa shape index (κ1) is 13.9. The summed E-state index contributed by atoms with van der Waals surface area (Å²) in [5.41, 5.74) is 2.96. The van der Waals surface area contributed by atoms with Crippen LogP contribution in [0.5, 0.6) is 0 Å². The van der Waals surface area contributed by atoms with Crippen LogP contribution in [0.3, 0.4) is 0 Å². The molecule has 0 aliphatic carbocycles. The number of aromatic nitrogens is 2. The number of anilines is 1. The average molecular weight is 270 g/mol. The van der Waals surface area contributed by atoms with Gasteiger partial charge in [-0.3, -0.25) is 0 Å². The van der Waals surface area contributed by atoms with Crippen molar-refractivity contribution in [2.75, 3.05) is 5.32 Å². The van der Waals surface area contributed by atoms with Gasteiger partial charge in [-0.05, 0) is 44.0 Å². The van der Waals surface area contributed by atoms with Crippen molar-refractivity contribution in [3.05, 3.63) is 52.5 Å². The Kier molecular flexibility index (Phi) is 3.94. The van der Waals surface area contributed by atoms with Crippen LogP contribution in [-0.4, -0.2) is 10.2 Å². The van der Waals surface area contributed by atoms with Crippen molar-refractivity contribution in [1.82, 2.24) is 10.2 Å². The Balaban J connectivity index is 2.28. The van der Waals surface area contributed by atoms with Crippen LogP contribution in [-0.2, 0) is 0 Å². The average Bonchev–Trinajstić information content (AvgIpc) is 2.44. The Hall–Kier alpha value is -2.48. The fourth-order valence-electron chi connectivity index (χ4n) is 1.89. The molecular weight excluding hydrogens is 255 g/mol. The Bertz CT molecular complexity index is 659. The molecule has 0 radical (unpaired) electrons. The minimum absolute atomic E-state index is 0.0980. The van der Waals surface area contributed by atoms with Crippen molar-refractivity contribution in [3.8, 4) is 6.07 Å². The standard InChI is InChI=1S/C15H15FN4/c1-9-10(2)19-20-15(14(9)8-17)18-11(3)12-4-6-13(16)7-5-12/h4-7,11H,1-3H3,(H,18,20). The lowest BCUT2D eigenvalue weighted by Crippen LogP contribution is -2.11. The number of nitrogens with zero attached hydrogens (tertiary/aromatic N) is 3. The van der Waals surface area contributed by atoms with Gasteiger partial charge in [0.1, 0.15) is 17.4 Å². The van der Waals surface area contributed by atoms with Crippen LogP contribution in [0.4, 0.5) is 10.2 Å². The number of hydrogen-bond acceptors (Lipinski definition) is 4. The number of nitriles is 1. The molecule has 2 aromatic rings. The highest BCUT2D eigenvalue weighted by molar-refractivity contribution is 5.56. The van der Waals surface area contributed by atoms with Crippen LogP contribution in [0.1, 0.15) is 35.3 Å². The molecule has 0 fully saturated rings. The van der Waals surface area contributed by atoms with Gasteiger partial charge < -0.3 is 5.32 Å². The molecule has 1 N–H and O–H groups in total. The van der Waals surface area contributed by atoms with Crippen LogP contribution in [0.15, 0.2) is 24.3 Å². The Morgan fingerprint density at radius 2 is 1.85 bits per heavy atom. The monoisotopic (exact) mass is 270 g/mol. The first-order chi connectivity index (χ1) is 9.52. The lowest BCUT2D eigenvalue weighted by molar-refractivity contribution is 0.626. The van der Waals surface area contributed by atoms with E-state index >= 15 is 0 Å². The van der Waals surface area contributed by atoms with E-state index in [0.717, 1.165) is 16.8 Å². The summed E-state index contributed by atoms with van der Waals surface area (Å²) in [6, 6.07) is 8.27. The molecule has 1 atom stereocenters. The van der Waals surface area contributed by atoms with E-state index in [9.17, 15) is 9.65 Å². The summed E-state index contributed by atoms with van der Waals surface area (Å²) in [4.78, 5) is 0. The van der Waals surface area contributed by atoms with Gasteiger partial charge >= 0.3 is 0 Å². The number of benzene rings is 1. The smallest absolute Gasteiger partial charge is 0.167 e. The molecule has 1 aromatic carbocycles. The van der Waals surface area contributed by atoms with Crippen molar-refractivity contribution >= 4 is 5.82 Å². The summed E-state index contributed by atoms with van der Waals surface area (Å²) < 4.78 is 12.9. The minimum Gasteiger partial charge on any atom is -0.361 e. The van der Waals surface area contributed by atoms with Crippen molar-refractivity contribution in [1.29, 1.82) is 5.26 Å². The SMILES string of the molecule is Cc1nnc(NC(C)c2ccc(F)cc2)c(C#N)c1C. The van der Waals surface area contributed by atoms with E-state index in [-0.39, 0.29) is 11.9 Å². The molecule has 0 saturated carbocycles. The quantitative estimate of drug-likeness (QED) is 0.929. The van der Waals surface area contributed by atoms with Crippen LogP contribution in [0.2, 0.25) is 0 Å². The molecule has 102 valence electrons. The van der Waals surface area contributed by atoms with Gasteiger partial charge in [-0.1, -0.05) is 12.1 Å². The number of rotatable bonds is 3. The highest BCUT2D eigenvalue weighted by Crippen LogP contribution is 2.22. The van der Waals surface area contributed by atoms with Gasteiger partial charge in [0.2, 0.25) is 0 Å². The van der Waals surface area contributed by atoms with Crippen molar-refractivity contribution < 1.29 is 4.39 Å². The molecule has 5 heteroatoms. The van der Waals surface area contributed by atoms with Gasteiger partial charge in [0.05, 0.1) is 11.7 Å². The lowest BCUT2D eigenvalue weighted by atomic mass is 10.1. The summed E-state index contributed by atoms with van der Waals surface area (Å²) in [7, 11) is 0. The zero-order chi connectivity index (χ0) is 14.7. The molecular formula is C15H15FN4. The van der Waals surface area contributed by atoms with Gasteiger partial charge in [0.15, 0.2) is 5.82 Å². The van der Waals surface area contributed by atoms with Crippen molar-refractivity contribution in [2.24, 2.45) is 0 Å². The normalized spacial score (nSPS) is 11.8. The summed E-state index contributed by atoms with van der Waals surface area (Å²) >= 11 is 0. The maximum atomic E-state index is 12.9. The molecule has 2 rings (SSSR count). The predicted octanol–water partition coefficient (Wildman–Crippen LogP) is 3.28. The molecule has 0 amide bonds. The van der Waals surface area contributed by atoms with E-state index < -0.39 is 0 Å². The molecule has 1 aromatic heterocycles. The van der Waals surface area contributed by atoms with E-state index in [4.69, 9.17) is 0 Å². The number of halogens is 1. The largest absolute Gasteiger partial charge is 0.361 e. The molecule has 0 aliphatic heterocycles. The fraction of sp³-hybridized carbons (Fsp3) is 0.267. The number of hydrogen-bond donors (Lipinski definition) is 1. The minimum atomic E-state index is -0.273. The molecule has 0 aliphatic rings. The van der Waals surface area contributed by atoms with Gasteiger partial charge in [0, 0.05) is 0 Å². The Labute approximate surface area is 117 Å². The maximum Gasteiger partial charge on any atom is 0.167 e. The third-order valence-corrected chi connectivity index (χ3v) is 3.29. The number of nitrogens with one attached hydrogen (secondary N) is 1. The Morgan fingerprint density at radius 1 is 1.20 bits per heavy atom. The van der Waals surface area contributed by atoms with Crippen molar-refractivity contribution in [3.63, 3.8) is 0 Å². The fourth-order valence-corrected chi connectivity index (χ4v) is 1.89. The molecule has 0 saturated heterocycles. The second-order valence-corrected chi connectivity index (χ2v) is 4.66. The van der Waals surface area contributed by atoms with Gasteiger partial charge in [-0.2, -0.15) is 10.4 Å². The summed E-state index contributed by atoms with van der Waals surface area (Å²) in [5, 5.41) is 20.4. The van der Waals surface area contributed by atoms with E-state index in [1.54, 1.807) is 12.1 Å². The summed E-state index contributed by atoms with van der Waals surface area (Å²) in [5.74, 6) is 0.178. The van der Waals surface area contributed by atoms with E-state index in [1.807, 2.05) is 20.8 Å². The maximum absolute atomic E-state index is 12.9. The topological polar surface area (TPSA) is 61.6 Å². The molecule has 1 unspecified atom stereocenters. The first-order valence-electron chi connectivity index (χ1n) is 6.29. The third-order valence-electron chi connectivity index (χ3n) is 3.29. The van der Waals surface area contributed by atoms with Crippen LogP contribution >= 0.6 is 0 Å². The van der Waals surface area contributed by atoms with E-state index in [2.05, 4.69) is 21.6 Å². The van der Waals surface area contributed by atoms with Crippen LogP contribution in [0, 0.1) is 31.0 Å². The molecule has 1 heterocycles. The summed E-state index contributed by atoms with van der Waals surface area (Å²) in [6.07, 6.45) is 0. The predicted molar refractivity (Wildman–Crippen MR) is 74.7 cm³/mol. The zero-order valence-corrected chi connectivity index (χ0v) is 11.6. The van der Waals surface area contributed by atoms with Crippen LogP contribution < -0.4 is 5.32 Å². The van der Waals surface area contributed by atoms with Gasteiger partial charge in [0.25, 0.3) is 0 Å². The second kappa shape index (κ2) is 5.66. The molecule has 4 nitrogen and oxygen atoms in total. The molecule has 0 bridgehead atoms. The van der Waals surface area contributed by atoms with Crippen molar-refractivity contribution in [2.45, 2.75) is 26.8 Å². The van der Waals surface area contributed by atoms with E-state index in [1.165, 1.54) is 12.1 Å². The van der Waals surface area contributed by atoms with E-state index in [0.29, 0.717) is 11.4 Å². The summed E-state index contributed by atoms with van der Waals surface area (Å²) in [6.45, 7) is 5.58. The highest BCUT2D eigenvalue weighted by atomic mass is 19.1. The first-order valence-corrected chi connectivity index (χ1v) is 6.29. The third kappa shape index (κ3) is 2.75. The highest BCUT2D eigenvalue weighted by Gasteiger charge is 2.13. The van der Waals surface area contributed by atoms with Crippen LogP contribution in [0.25, 0.3) is 0 Å². The molecule has 0 spiro atoms. The molecule has 20 heavy (non-hydrogen) atoms. The second-order valence-electron chi connectivity index (χ2n) is 4.66. The number of aryl methyl sites for hydroxylation is 1. The Morgan fingerprint density at radius 3 is 2.45 bits per heavy atom. The van der Waals surface area contributed by atoms with Gasteiger partial charge in [-0.15, -0.1) is 5.10 Å².